The summed E-state index contributed by atoms with van der Waals surface area (Å²) >= 11 is 0. The summed E-state index contributed by atoms with van der Waals surface area (Å²) in [5.74, 6) is -0.782. The van der Waals surface area contributed by atoms with E-state index in [1.54, 1.807) is 0 Å². The Hall–Kier alpha value is -4.12. The molecular weight excluding hydrogens is 516 g/mol. The predicted octanol–water partition coefficient (Wildman–Crippen LogP) is 2.28. The van der Waals surface area contributed by atoms with Gasteiger partial charge in [0.15, 0.2) is 0 Å². The lowest BCUT2D eigenvalue weighted by Crippen LogP contribution is -2.53. The Balaban J connectivity index is 1.48. The van der Waals surface area contributed by atoms with Gasteiger partial charge in [-0.1, -0.05) is 74.5 Å². The van der Waals surface area contributed by atoms with E-state index in [2.05, 4.69) is 10.6 Å². The van der Waals surface area contributed by atoms with Crippen LogP contribution in [-0.2, 0) is 32.3 Å². The number of aliphatic hydroxyl groups excluding tert-OH is 1. The highest BCUT2D eigenvalue weighted by Crippen LogP contribution is 2.13. The second-order valence-electron chi connectivity index (χ2n) is 10.3. The van der Waals surface area contributed by atoms with E-state index in [9.17, 15) is 24.3 Å². The van der Waals surface area contributed by atoms with Crippen LogP contribution in [0.3, 0.4) is 0 Å². The highest BCUT2D eigenvalue weighted by Gasteiger charge is 2.37. The number of nitrogens with one attached hydrogen (secondary N) is 2. The van der Waals surface area contributed by atoms with Gasteiger partial charge in [-0.05, 0) is 23.5 Å². The van der Waals surface area contributed by atoms with Gasteiger partial charge >= 0.3 is 12.2 Å². The fourth-order valence-electron chi connectivity index (χ4n) is 4.22. The number of rotatable bonds is 11. The average molecular weight is 555 g/mol. The normalized spacial score (nSPS) is 17.2. The second-order valence-corrected chi connectivity index (χ2v) is 10.3. The predicted molar refractivity (Wildman–Crippen MR) is 147 cm³/mol. The molecule has 0 saturated carbocycles. The van der Waals surface area contributed by atoms with Crippen molar-refractivity contribution in [1.29, 1.82) is 0 Å². The number of hydrogen-bond acceptors (Lipinski definition) is 7. The first kappa shape index (κ1) is 30.4. The molecule has 2 aromatic rings. The smallest absolute Gasteiger partial charge is 0.410 e. The van der Waals surface area contributed by atoms with Crippen molar-refractivity contribution in [3.05, 3.63) is 71.8 Å². The van der Waals surface area contributed by atoms with E-state index >= 15 is 0 Å². The molecule has 3 atom stereocenters. The molecule has 11 nitrogen and oxygen atoms in total. The van der Waals surface area contributed by atoms with E-state index in [4.69, 9.17) is 9.47 Å². The molecular formula is C29H38N4O7. The standard InChI is InChI=1S/C29H38N4O7/c1-20(2)14-23(31-28(37)39-18-21-10-6-4-7-11-21)27(36)30-24-15-33(16-25(24)34)26(35)17-32(3)29(38)40-19-22-12-8-5-9-13-22/h4-13,20,23-25,34H,14-19H2,1-3H3,(H,30,36)(H,31,37)/t23-,24?,25?/m0/s1. The van der Waals surface area contributed by atoms with Crippen LogP contribution in [0.1, 0.15) is 31.4 Å². The maximum atomic E-state index is 13.1. The molecule has 1 saturated heterocycles. The van der Waals surface area contributed by atoms with Gasteiger partial charge in [0, 0.05) is 20.1 Å². The number of nitrogens with zero attached hydrogens (tertiary/aromatic N) is 2. The zero-order valence-electron chi connectivity index (χ0n) is 23.1. The van der Waals surface area contributed by atoms with Crippen LogP contribution in [0.5, 0.6) is 0 Å². The third-order valence-electron chi connectivity index (χ3n) is 6.39. The fraction of sp³-hybridized carbons (Fsp3) is 0.448. The van der Waals surface area contributed by atoms with Crippen molar-refractivity contribution in [3.63, 3.8) is 0 Å². The minimum atomic E-state index is -1.01. The van der Waals surface area contributed by atoms with Crippen molar-refractivity contribution in [2.75, 3.05) is 26.7 Å². The molecule has 4 amide bonds. The summed E-state index contributed by atoms with van der Waals surface area (Å²) < 4.78 is 10.5. The van der Waals surface area contributed by atoms with Crippen molar-refractivity contribution in [1.82, 2.24) is 20.4 Å². The van der Waals surface area contributed by atoms with E-state index in [1.165, 1.54) is 11.9 Å². The van der Waals surface area contributed by atoms with Crippen LogP contribution in [0.25, 0.3) is 0 Å². The first-order valence-corrected chi connectivity index (χ1v) is 13.3. The zero-order chi connectivity index (χ0) is 29.1. The van der Waals surface area contributed by atoms with Crippen molar-refractivity contribution in [2.45, 2.75) is 51.7 Å². The number of carbonyl (C=O) groups excluding carboxylic acids is 4. The maximum Gasteiger partial charge on any atom is 0.410 e. The molecule has 0 radical (unpaired) electrons. The Labute approximate surface area is 234 Å². The Morgan fingerprint density at radius 1 is 0.950 bits per heavy atom. The summed E-state index contributed by atoms with van der Waals surface area (Å²) in [6.45, 7) is 3.80. The van der Waals surface area contributed by atoms with Crippen molar-refractivity contribution >= 4 is 24.0 Å². The number of amides is 4. The number of hydrogen-bond donors (Lipinski definition) is 3. The molecule has 0 aromatic heterocycles. The topological polar surface area (TPSA) is 138 Å². The molecule has 2 unspecified atom stereocenters. The van der Waals surface area contributed by atoms with Gasteiger partial charge in [0.05, 0.1) is 12.1 Å². The van der Waals surface area contributed by atoms with Gasteiger partial charge in [-0.2, -0.15) is 0 Å². The van der Waals surface area contributed by atoms with Gasteiger partial charge in [-0.15, -0.1) is 0 Å². The minimum absolute atomic E-state index is 0.00191. The molecule has 0 aliphatic carbocycles. The molecule has 1 aliphatic heterocycles. The molecule has 216 valence electrons. The Morgan fingerprint density at radius 3 is 2.10 bits per heavy atom. The van der Waals surface area contributed by atoms with Crippen LogP contribution in [0, 0.1) is 5.92 Å². The number of ether oxygens (including phenoxy) is 2. The van der Waals surface area contributed by atoms with Crippen molar-refractivity contribution < 1.29 is 33.8 Å². The molecule has 3 rings (SSSR count). The molecule has 0 bridgehead atoms. The number of β-amino-alcohol motifs (C(OH)–C–C–N with tert-alkyl or cyclic N) is 1. The zero-order valence-corrected chi connectivity index (χ0v) is 23.1. The Kier molecular flexibility index (Phi) is 11.3. The minimum Gasteiger partial charge on any atom is -0.445 e. The molecule has 1 heterocycles. The van der Waals surface area contributed by atoms with Crippen LogP contribution < -0.4 is 10.6 Å². The summed E-state index contributed by atoms with van der Waals surface area (Å²) in [6, 6.07) is 16.7. The second kappa shape index (κ2) is 14.9. The molecule has 1 fully saturated rings. The molecule has 11 heteroatoms. The highest BCUT2D eigenvalue weighted by atomic mass is 16.6. The van der Waals surface area contributed by atoms with Crippen LogP contribution >= 0.6 is 0 Å². The molecule has 2 aromatic carbocycles. The SMILES string of the molecule is CC(C)C[C@H](NC(=O)OCc1ccccc1)C(=O)NC1CN(C(=O)CN(C)C(=O)OCc2ccccc2)CC1O. The van der Waals surface area contributed by atoms with Crippen LogP contribution in [0.4, 0.5) is 9.59 Å². The molecule has 0 spiro atoms. The maximum absolute atomic E-state index is 13.1. The van der Waals surface area contributed by atoms with Crippen LogP contribution in [-0.4, -0.2) is 83.8 Å². The molecule has 3 N–H and O–H groups in total. The Morgan fingerprint density at radius 2 is 1.52 bits per heavy atom. The first-order valence-electron chi connectivity index (χ1n) is 13.3. The van der Waals surface area contributed by atoms with Gasteiger partial charge in [0.25, 0.3) is 0 Å². The van der Waals surface area contributed by atoms with Gasteiger partial charge in [-0.3, -0.25) is 9.59 Å². The third kappa shape index (κ3) is 9.57. The summed E-state index contributed by atoms with van der Waals surface area (Å²) in [5.41, 5.74) is 1.64. The lowest BCUT2D eigenvalue weighted by molar-refractivity contribution is -0.131. The van der Waals surface area contributed by atoms with Gasteiger partial charge in [-0.25, -0.2) is 9.59 Å². The molecule has 40 heavy (non-hydrogen) atoms. The summed E-state index contributed by atoms with van der Waals surface area (Å²) in [4.78, 5) is 53.1. The van der Waals surface area contributed by atoms with Crippen LogP contribution in [0.2, 0.25) is 0 Å². The summed E-state index contributed by atoms with van der Waals surface area (Å²) in [5, 5.41) is 15.9. The number of alkyl carbamates (subject to hydrolysis) is 1. The number of benzene rings is 2. The average Bonchev–Trinajstić information content (AvgIpc) is 3.30. The summed E-state index contributed by atoms with van der Waals surface area (Å²) in [6.07, 6.45) is -2.03. The first-order chi connectivity index (χ1) is 19.1. The number of likely N-dealkylation sites (N-methyl/N-ethyl adjacent to an activating group) is 1. The highest BCUT2D eigenvalue weighted by molar-refractivity contribution is 5.86. The lowest BCUT2D eigenvalue weighted by Gasteiger charge is -2.24. The van der Waals surface area contributed by atoms with E-state index in [-0.39, 0.29) is 38.8 Å². The number of aliphatic hydroxyl groups is 1. The lowest BCUT2D eigenvalue weighted by atomic mass is 10.0. The van der Waals surface area contributed by atoms with E-state index in [0.29, 0.717) is 6.42 Å². The largest absolute Gasteiger partial charge is 0.445 e. The van der Waals surface area contributed by atoms with Crippen molar-refractivity contribution in [3.8, 4) is 0 Å². The number of likely N-dealkylation sites (tertiary alicyclic amines) is 1. The Bertz CT molecular complexity index is 1130. The van der Waals surface area contributed by atoms with E-state index < -0.39 is 42.2 Å². The van der Waals surface area contributed by atoms with E-state index in [0.717, 1.165) is 16.0 Å². The van der Waals surface area contributed by atoms with Gasteiger partial charge in [0.1, 0.15) is 25.8 Å². The van der Waals surface area contributed by atoms with Crippen molar-refractivity contribution in [2.24, 2.45) is 5.92 Å². The number of carbonyl (C=O) groups is 4. The van der Waals surface area contributed by atoms with Crippen LogP contribution in [0.15, 0.2) is 60.7 Å². The van der Waals surface area contributed by atoms with E-state index in [1.807, 2.05) is 74.5 Å². The quantitative estimate of drug-likeness (QED) is 0.388. The fourth-order valence-corrected chi connectivity index (χ4v) is 4.22. The summed E-state index contributed by atoms with van der Waals surface area (Å²) in [7, 11) is 1.45. The molecule has 1 aliphatic rings. The monoisotopic (exact) mass is 554 g/mol. The third-order valence-corrected chi connectivity index (χ3v) is 6.39. The van der Waals surface area contributed by atoms with Gasteiger partial charge < -0.3 is 35.0 Å². The van der Waals surface area contributed by atoms with Gasteiger partial charge in [0.2, 0.25) is 11.8 Å².